The number of hydrogen-bond donors (Lipinski definition) is 1. The Labute approximate surface area is 120 Å². The van der Waals surface area contributed by atoms with Gasteiger partial charge in [0.25, 0.3) is 5.97 Å². The van der Waals surface area contributed by atoms with E-state index >= 15 is 0 Å². The van der Waals surface area contributed by atoms with Crippen LogP contribution in [0.4, 0.5) is 8.92 Å². The molecule has 1 N–H and O–H groups in total. The third-order valence-electron chi connectivity index (χ3n) is 1.81. The molecule has 6 heteroatoms. The van der Waals surface area contributed by atoms with Gasteiger partial charge in [-0.2, -0.15) is 0 Å². The van der Waals surface area contributed by atoms with Crippen LogP contribution < -0.4 is 0 Å². The highest BCUT2D eigenvalue weighted by molar-refractivity contribution is 5.88. The molecule has 0 aliphatic carbocycles. The van der Waals surface area contributed by atoms with E-state index < -0.39 is 11.9 Å². The number of carbonyl (C=O) groups excluding carboxylic acids is 1. The Morgan fingerprint density at radius 1 is 0.952 bits per heavy atom. The molecule has 0 aliphatic heterocycles. The Kier molecular flexibility index (Phi) is 9.64. The monoisotopic (exact) mass is 296 g/mol. The number of carboxylic acid groups (broad SMARTS) is 1. The molecule has 0 heterocycles. The third-order valence-corrected chi connectivity index (χ3v) is 1.81. The zero-order chi connectivity index (χ0) is 16.1. The molecule has 0 bridgehead atoms. The molecule has 0 amide bonds. The smallest absolute Gasteiger partial charge is 0.379 e. The zero-order valence-corrected chi connectivity index (χ0v) is 11.2. The quantitative estimate of drug-likeness (QED) is 0.872. The van der Waals surface area contributed by atoms with E-state index in [1.54, 1.807) is 36.4 Å². The maximum atomic E-state index is 11.9. The van der Waals surface area contributed by atoms with Crippen LogP contribution in [-0.2, 0) is 9.74 Å². The van der Waals surface area contributed by atoms with Gasteiger partial charge in [-0.15, -0.1) is 0 Å². The van der Waals surface area contributed by atoms with E-state index in [0.29, 0.717) is 0 Å². The van der Waals surface area contributed by atoms with Crippen LogP contribution in [0.5, 0.6) is 0 Å². The van der Waals surface area contributed by atoms with Gasteiger partial charge in [-0.05, 0) is 24.3 Å². The average Bonchev–Trinajstić information content (AvgIpc) is 2.48. The molecule has 0 saturated heterocycles. The van der Waals surface area contributed by atoms with Crippen LogP contribution in [0.15, 0.2) is 60.7 Å². The molecule has 0 fully saturated rings. The highest BCUT2D eigenvalue weighted by atomic mass is 19.3. The minimum Gasteiger partial charge on any atom is -0.481 e. The second-order valence-corrected chi connectivity index (χ2v) is 3.55. The normalized spacial score (nSPS) is 8.33. The number of carboxylic acids is 1. The molecule has 0 atom stereocenters. The van der Waals surface area contributed by atoms with Gasteiger partial charge in [0, 0.05) is 11.4 Å². The molecule has 0 radical (unpaired) electrons. The fourth-order valence-electron chi connectivity index (χ4n) is 1.03. The number of benzene rings is 2. The Balaban J connectivity index is 0.000000317. The summed E-state index contributed by atoms with van der Waals surface area (Å²) in [7, 11) is 0. The van der Waals surface area contributed by atoms with Gasteiger partial charge in [-0.3, -0.25) is 4.79 Å². The fraction of sp³-hybridized carbons (Fsp3) is 0.0667. The Bertz CT molecular complexity index is 526. The molecule has 2 aromatic carbocycles. The predicted molar refractivity (Wildman–Crippen MR) is 72.7 cm³/mol. The first-order chi connectivity index (χ1) is 9.97. The molecule has 112 valence electrons. The molecular weight excluding hydrogens is 282 g/mol. The van der Waals surface area contributed by atoms with E-state index in [-0.39, 0.29) is 11.4 Å². The fourth-order valence-corrected chi connectivity index (χ4v) is 1.03. The minimum atomic E-state index is -0.958. The van der Waals surface area contributed by atoms with E-state index in [9.17, 15) is 13.7 Å². The Morgan fingerprint density at radius 2 is 1.33 bits per heavy atom. The van der Waals surface area contributed by atoms with Crippen LogP contribution in [0.1, 0.15) is 17.3 Å². The lowest BCUT2D eigenvalue weighted by molar-refractivity contribution is -0.134. The summed E-state index contributed by atoms with van der Waals surface area (Å²) in [5, 5.41) is 7.42. The van der Waals surface area contributed by atoms with Gasteiger partial charge >= 0.3 is 5.97 Å². The van der Waals surface area contributed by atoms with Gasteiger partial charge in [0.1, 0.15) is 5.82 Å². The maximum Gasteiger partial charge on any atom is 0.379 e. The molecular formula is C15H14F2O4. The summed E-state index contributed by atoms with van der Waals surface area (Å²) in [4.78, 5) is 22.4. The predicted octanol–water partition coefficient (Wildman–Crippen LogP) is 3.64. The molecule has 4 nitrogen and oxygen atoms in total. The summed E-state index contributed by atoms with van der Waals surface area (Å²) in [5.41, 5.74) is 0.213. The van der Waals surface area contributed by atoms with Gasteiger partial charge in [-0.1, -0.05) is 36.4 Å². The standard InChI is InChI=1S/C7H5FO2.C6H5F.C2H4O2/c8-10-7(9)6-4-2-1-3-5-6;7-6-4-2-1-3-5-6;1-2(3)4/h1-5H;1-5H;1H3,(H,3,4). The number of carbonyl (C=O) groups is 2. The van der Waals surface area contributed by atoms with Gasteiger partial charge < -0.3 is 5.11 Å². The van der Waals surface area contributed by atoms with Gasteiger partial charge in [-0.25, -0.2) is 14.1 Å². The van der Waals surface area contributed by atoms with Crippen LogP contribution in [0.2, 0.25) is 0 Å². The summed E-state index contributed by atoms with van der Waals surface area (Å²) < 4.78 is 23.1. The highest BCUT2D eigenvalue weighted by Crippen LogP contribution is 2.00. The van der Waals surface area contributed by atoms with Gasteiger partial charge in [0.05, 0.1) is 5.56 Å². The minimum absolute atomic E-state index is 0.178. The van der Waals surface area contributed by atoms with Gasteiger partial charge in [0.15, 0.2) is 0 Å². The second-order valence-electron chi connectivity index (χ2n) is 3.55. The maximum absolute atomic E-state index is 11.9. The summed E-state index contributed by atoms with van der Waals surface area (Å²) in [6.07, 6.45) is 0. The number of rotatable bonds is 1. The second kappa shape index (κ2) is 11.1. The summed E-state index contributed by atoms with van der Waals surface area (Å²) in [6.45, 7) is 1.08. The average molecular weight is 296 g/mol. The SMILES string of the molecule is CC(=O)O.Fc1ccccc1.O=C(OF)c1ccccc1. The van der Waals surface area contributed by atoms with E-state index in [0.717, 1.165) is 6.92 Å². The lowest BCUT2D eigenvalue weighted by Gasteiger charge is -1.90. The van der Waals surface area contributed by atoms with E-state index in [1.165, 1.54) is 24.3 Å². The Hall–Kier alpha value is -2.76. The van der Waals surface area contributed by atoms with Crippen molar-refractivity contribution in [3.63, 3.8) is 0 Å². The first-order valence-corrected chi connectivity index (χ1v) is 5.75. The van der Waals surface area contributed by atoms with Crippen molar-refractivity contribution in [3.8, 4) is 0 Å². The van der Waals surface area contributed by atoms with E-state index in [2.05, 4.69) is 4.94 Å². The third kappa shape index (κ3) is 10.8. The van der Waals surface area contributed by atoms with Crippen LogP contribution in [-0.4, -0.2) is 17.0 Å². The van der Waals surface area contributed by atoms with Crippen LogP contribution in [0, 0.1) is 5.82 Å². The number of hydrogen-bond acceptors (Lipinski definition) is 3. The molecule has 2 rings (SSSR count). The Morgan fingerprint density at radius 3 is 1.62 bits per heavy atom. The van der Waals surface area contributed by atoms with Crippen molar-refractivity contribution in [2.45, 2.75) is 6.92 Å². The molecule has 2 aromatic rings. The zero-order valence-electron chi connectivity index (χ0n) is 11.2. The van der Waals surface area contributed by atoms with E-state index in [1.807, 2.05) is 0 Å². The van der Waals surface area contributed by atoms with Crippen molar-refractivity contribution in [1.82, 2.24) is 0 Å². The van der Waals surface area contributed by atoms with Crippen molar-refractivity contribution < 1.29 is 28.6 Å². The van der Waals surface area contributed by atoms with E-state index in [4.69, 9.17) is 9.90 Å². The van der Waals surface area contributed by atoms with Crippen LogP contribution >= 0.6 is 0 Å². The highest BCUT2D eigenvalue weighted by Gasteiger charge is 2.04. The number of aliphatic carboxylic acids is 1. The summed E-state index contributed by atoms with van der Waals surface area (Å²) in [5.74, 6) is -1.97. The first-order valence-electron chi connectivity index (χ1n) is 5.75. The first kappa shape index (κ1) is 18.2. The van der Waals surface area contributed by atoms with Gasteiger partial charge in [0.2, 0.25) is 0 Å². The summed E-state index contributed by atoms with van der Waals surface area (Å²) >= 11 is 0. The lowest BCUT2D eigenvalue weighted by atomic mass is 10.2. The van der Waals surface area contributed by atoms with Crippen molar-refractivity contribution in [2.24, 2.45) is 0 Å². The molecule has 0 aliphatic rings. The molecule has 0 spiro atoms. The van der Waals surface area contributed by atoms with Crippen LogP contribution in [0.3, 0.4) is 0 Å². The van der Waals surface area contributed by atoms with Crippen molar-refractivity contribution >= 4 is 11.9 Å². The van der Waals surface area contributed by atoms with Crippen LogP contribution in [0.25, 0.3) is 0 Å². The molecule has 0 saturated carbocycles. The number of halogens is 2. The molecule has 0 aromatic heterocycles. The van der Waals surface area contributed by atoms with Crippen molar-refractivity contribution in [2.75, 3.05) is 0 Å². The summed E-state index contributed by atoms with van der Waals surface area (Å²) in [6, 6.07) is 15.9. The lowest BCUT2D eigenvalue weighted by Crippen LogP contribution is -1.96. The van der Waals surface area contributed by atoms with Crippen molar-refractivity contribution in [1.29, 1.82) is 0 Å². The molecule has 21 heavy (non-hydrogen) atoms. The topological polar surface area (TPSA) is 63.6 Å². The molecule has 0 unspecified atom stereocenters. The largest absolute Gasteiger partial charge is 0.481 e. The van der Waals surface area contributed by atoms with Crippen molar-refractivity contribution in [3.05, 3.63) is 72.0 Å².